The number of halogens is 1. The first-order chi connectivity index (χ1) is 12.6. The molecule has 0 saturated heterocycles. The summed E-state index contributed by atoms with van der Waals surface area (Å²) in [5.74, 6) is 1.23. The molecule has 1 N–H and O–H groups in total. The van der Waals surface area contributed by atoms with E-state index < -0.39 is 0 Å². The number of ether oxygens (including phenoxy) is 2. The molecule has 2 aromatic carbocycles. The first-order valence-corrected chi connectivity index (χ1v) is 9.01. The molecule has 2 aromatic rings. The zero-order chi connectivity index (χ0) is 18.8. The lowest BCUT2D eigenvalue weighted by Gasteiger charge is -2.12. The number of carbonyl (C=O) groups excluding carboxylic acids is 1. The van der Waals surface area contributed by atoms with Crippen LogP contribution in [-0.4, -0.2) is 19.6 Å². The minimum absolute atomic E-state index is 0.165. The maximum absolute atomic E-state index is 12.0. The van der Waals surface area contributed by atoms with E-state index in [4.69, 9.17) is 21.1 Å². The zero-order valence-electron chi connectivity index (χ0n) is 15.1. The fraction of sp³-hybridized carbons (Fsp3) is 0.286. The van der Waals surface area contributed by atoms with Crippen molar-refractivity contribution >= 4 is 23.6 Å². The molecule has 1 amide bonds. The summed E-state index contributed by atoms with van der Waals surface area (Å²) < 4.78 is 11.1. The van der Waals surface area contributed by atoms with E-state index in [0.29, 0.717) is 23.9 Å². The summed E-state index contributed by atoms with van der Waals surface area (Å²) in [4.78, 5) is 12.0. The quantitative estimate of drug-likeness (QED) is 0.504. The van der Waals surface area contributed by atoms with Gasteiger partial charge in [-0.2, -0.15) is 0 Å². The summed E-state index contributed by atoms with van der Waals surface area (Å²) in [5.41, 5.74) is 1.86. The number of carbonyl (C=O) groups is 1. The summed E-state index contributed by atoms with van der Waals surface area (Å²) in [6.45, 7) is 3.20. The second-order valence-electron chi connectivity index (χ2n) is 5.79. The van der Waals surface area contributed by atoms with Crippen molar-refractivity contribution in [2.45, 2.75) is 26.3 Å². The molecule has 5 heteroatoms. The Kier molecular flexibility index (Phi) is 8.03. The van der Waals surface area contributed by atoms with Gasteiger partial charge in [0.2, 0.25) is 5.91 Å². The third kappa shape index (κ3) is 6.45. The first-order valence-electron chi connectivity index (χ1n) is 8.63. The van der Waals surface area contributed by atoms with Crippen LogP contribution in [0.4, 0.5) is 0 Å². The van der Waals surface area contributed by atoms with Gasteiger partial charge in [0.05, 0.1) is 13.7 Å². The van der Waals surface area contributed by atoms with Gasteiger partial charge in [-0.25, -0.2) is 0 Å². The highest BCUT2D eigenvalue weighted by Crippen LogP contribution is 2.28. The van der Waals surface area contributed by atoms with Crippen molar-refractivity contribution < 1.29 is 14.3 Å². The number of methoxy groups -OCH3 is 1. The smallest absolute Gasteiger partial charge is 0.244 e. The molecule has 0 fully saturated rings. The van der Waals surface area contributed by atoms with Crippen LogP contribution in [0.2, 0.25) is 5.02 Å². The number of amides is 1. The van der Waals surface area contributed by atoms with Crippen molar-refractivity contribution in [1.82, 2.24) is 5.32 Å². The number of hydrogen-bond donors (Lipinski definition) is 1. The van der Waals surface area contributed by atoms with Gasteiger partial charge in [-0.1, -0.05) is 43.1 Å². The summed E-state index contributed by atoms with van der Waals surface area (Å²) in [6.07, 6.45) is 5.33. The molecule has 0 aliphatic heterocycles. The van der Waals surface area contributed by atoms with Crippen molar-refractivity contribution in [1.29, 1.82) is 0 Å². The second kappa shape index (κ2) is 10.5. The van der Waals surface area contributed by atoms with E-state index in [1.807, 2.05) is 30.3 Å². The van der Waals surface area contributed by atoms with Crippen molar-refractivity contribution in [2.24, 2.45) is 0 Å². The highest BCUT2D eigenvalue weighted by molar-refractivity contribution is 6.30. The number of benzene rings is 2. The molecule has 0 aliphatic carbocycles. The Balaban J connectivity index is 1.89. The van der Waals surface area contributed by atoms with E-state index in [0.717, 1.165) is 29.7 Å². The topological polar surface area (TPSA) is 47.6 Å². The summed E-state index contributed by atoms with van der Waals surface area (Å²) in [5, 5.41) is 3.52. The lowest BCUT2D eigenvalue weighted by molar-refractivity contribution is -0.116. The van der Waals surface area contributed by atoms with Gasteiger partial charge >= 0.3 is 0 Å². The van der Waals surface area contributed by atoms with E-state index in [2.05, 4.69) is 12.2 Å². The second-order valence-corrected chi connectivity index (χ2v) is 6.23. The Bertz CT molecular complexity index is 741. The van der Waals surface area contributed by atoms with E-state index in [1.165, 1.54) is 6.08 Å². The van der Waals surface area contributed by atoms with Crippen LogP contribution >= 0.6 is 11.6 Å². The van der Waals surface area contributed by atoms with Crippen LogP contribution in [-0.2, 0) is 11.3 Å². The molecule has 26 heavy (non-hydrogen) atoms. The van der Waals surface area contributed by atoms with Crippen LogP contribution in [0.3, 0.4) is 0 Å². The molecule has 4 nitrogen and oxygen atoms in total. The molecule has 0 heterocycles. The number of rotatable bonds is 9. The lowest BCUT2D eigenvalue weighted by Crippen LogP contribution is -2.20. The molecule has 0 unspecified atom stereocenters. The normalized spacial score (nSPS) is 10.7. The molecule has 138 valence electrons. The predicted octanol–water partition coefficient (Wildman–Crippen LogP) is 4.86. The van der Waals surface area contributed by atoms with Gasteiger partial charge in [0.1, 0.15) is 0 Å². The Morgan fingerprint density at radius 3 is 2.62 bits per heavy atom. The van der Waals surface area contributed by atoms with Crippen LogP contribution in [0.25, 0.3) is 6.08 Å². The minimum Gasteiger partial charge on any atom is -0.493 e. The minimum atomic E-state index is -0.165. The van der Waals surface area contributed by atoms with E-state index in [-0.39, 0.29) is 5.91 Å². The summed E-state index contributed by atoms with van der Waals surface area (Å²) in [7, 11) is 1.61. The number of hydrogen-bond acceptors (Lipinski definition) is 3. The van der Waals surface area contributed by atoms with Crippen molar-refractivity contribution in [3.8, 4) is 11.5 Å². The van der Waals surface area contributed by atoms with E-state index >= 15 is 0 Å². The SMILES string of the molecule is CCCCOc1ccc(CNC(=O)/C=C/c2ccc(Cl)cc2)cc1OC. The molecular weight excluding hydrogens is 350 g/mol. The number of unbranched alkanes of at least 4 members (excludes halogenated alkanes) is 1. The predicted molar refractivity (Wildman–Crippen MR) is 106 cm³/mol. The van der Waals surface area contributed by atoms with Crippen molar-refractivity contribution in [3.63, 3.8) is 0 Å². The van der Waals surface area contributed by atoms with Gasteiger partial charge in [-0.15, -0.1) is 0 Å². The fourth-order valence-corrected chi connectivity index (χ4v) is 2.39. The molecule has 0 spiro atoms. The van der Waals surface area contributed by atoms with Gasteiger partial charge in [0.15, 0.2) is 11.5 Å². The summed E-state index contributed by atoms with van der Waals surface area (Å²) in [6, 6.07) is 13.0. The van der Waals surface area contributed by atoms with E-state index in [1.54, 1.807) is 25.3 Å². The average Bonchev–Trinajstić information content (AvgIpc) is 2.66. The monoisotopic (exact) mass is 373 g/mol. The van der Waals surface area contributed by atoms with Gasteiger partial charge in [0.25, 0.3) is 0 Å². The largest absolute Gasteiger partial charge is 0.493 e. The molecular formula is C21H24ClNO3. The summed E-state index contributed by atoms with van der Waals surface area (Å²) >= 11 is 5.84. The van der Waals surface area contributed by atoms with Crippen molar-refractivity contribution in [3.05, 3.63) is 64.7 Å². The average molecular weight is 374 g/mol. The third-order valence-electron chi connectivity index (χ3n) is 3.75. The molecule has 0 bridgehead atoms. The molecule has 2 rings (SSSR count). The van der Waals surface area contributed by atoms with Gasteiger partial charge in [-0.05, 0) is 47.9 Å². The van der Waals surface area contributed by atoms with Crippen molar-refractivity contribution in [2.75, 3.05) is 13.7 Å². The standard InChI is InChI=1S/C21H24ClNO3/c1-3-4-13-26-19-11-7-17(14-20(19)25-2)15-23-21(24)12-8-16-5-9-18(22)10-6-16/h5-12,14H,3-4,13,15H2,1-2H3,(H,23,24)/b12-8+. The van der Waals surface area contributed by atoms with E-state index in [9.17, 15) is 4.79 Å². The van der Waals surface area contributed by atoms with Gasteiger partial charge in [-0.3, -0.25) is 4.79 Å². The third-order valence-corrected chi connectivity index (χ3v) is 4.00. The Morgan fingerprint density at radius 1 is 1.15 bits per heavy atom. The van der Waals surface area contributed by atoms with Crippen LogP contribution in [0, 0.1) is 0 Å². The molecule has 0 aliphatic rings. The molecule has 0 radical (unpaired) electrons. The highest BCUT2D eigenvalue weighted by Gasteiger charge is 2.06. The van der Waals surface area contributed by atoms with Crippen LogP contribution in [0.5, 0.6) is 11.5 Å². The molecule has 0 aromatic heterocycles. The van der Waals surface area contributed by atoms with Gasteiger partial charge < -0.3 is 14.8 Å². The Hall–Kier alpha value is -2.46. The first kappa shape index (κ1) is 19.9. The zero-order valence-corrected chi connectivity index (χ0v) is 15.9. The molecule has 0 atom stereocenters. The Labute approximate surface area is 159 Å². The van der Waals surface area contributed by atoms with Crippen LogP contribution < -0.4 is 14.8 Å². The Morgan fingerprint density at radius 2 is 1.92 bits per heavy atom. The highest BCUT2D eigenvalue weighted by atomic mass is 35.5. The van der Waals surface area contributed by atoms with Crippen LogP contribution in [0.15, 0.2) is 48.5 Å². The van der Waals surface area contributed by atoms with Crippen LogP contribution in [0.1, 0.15) is 30.9 Å². The number of nitrogens with one attached hydrogen (secondary N) is 1. The maximum atomic E-state index is 12.0. The lowest BCUT2D eigenvalue weighted by atomic mass is 10.2. The fourth-order valence-electron chi connectivity index (χ4n) is 2.26. The maximum Gasteiger partial charge on any atom is 0.244 e. The van der Waals surface area contributed by atoms with Gasteiger partial charge in [0, 0.05) is 17.6 Å². The molecule has 0 saturated carbocycles.